The molecule has 3 aromatic carbocycles. The van der Waals surface area contributed by atoms with Gasteiger partial charge in [-0.3, -0.25) is 4.79 Å². The lowest BCUT2D eigenvalue weighted by Gasteiger charge is -2.16. The molecular formula is C24H22BrN3O. The number of nitrogens with one attached hydrogen (secondary N) is 2. The summed E-state index contributed by atoms with van der Waals surface area (Å²) < 4.78 is 0.934. The highest BCUT2D eigenvalue weighted by atomic mass is 79.9. The first-order valence-corrected chi connectivity index (χ1v) is 10.2. The zero-order chi connectivity index (χ0) is 20.4. The van der Waals surface area contributed by atoms with E-state index >= 15 is 0 Å². The summed E-state index contributed by atoms with van der Waals surface area (Å²) in [5.41, 5.74) is 6.30. The molecule has 0 bridgehead atoms. The number of anilines is 2. The van der Waals surface area contributed by atoms with Crippen LogP contribution in [0.15, 0.2) is 77.3 Å². The lowest BCUT2D eigenvalue weighted by atomic mass is 10.00. The molecule has 0 spiro atoms. The van der Waals surface area contributed by atoms with E-state index in [-0.39, 0.29) is 5.91 Å². The van der Waals surface area contributed by atoms with Gasteiger partial charge in [0.2, 0.25) is 0 Å². The Bertz CT molecular complexity index is 1070. The average Bonchev–Trinajstić information content (AvgIpc) is 3.02. The minimum Gasteiger partial charge on any atom is -0.354 e. The van der Waals surface area contributed by atoms with E-state index in [1.165, 1.54) is 5.56 Å². The zero-order valence-electron chi connectivity index (χ0n) is 16.4. The highest BCUT2D eigenvalue weighted by molar-refractivity contribution is 9.10. The Morgan fingerprint density at radius 2 is 1.72 bits per heavy atom. The van der Waals surface area contributed by atoms with E-state index in [4.69, 9.17) is 0 Å². The van der Waals surface area contributed by atoms with Crippen LogP contribution in [0.2, 0.25) is 0 Å². The smallest absolute Gasteiger partial charge is 0.258 e. The predicted octanol–water partition coefficient (Wildman–Crippen LogP) is 5.44. The first-order chi connectivity index (χ1) is 14.0. The lowest BCUT2D eigenvalue weighted by molar-refractivity contribution is -0.110. The van der Waals surface area contributed by atoms with E-state index in [1.807, 2.05) is 48.5 Å². The molecule has 0 radical (unpaired) electrons. The maximum atomic E-state index is 12.9. The minimum absolute atomic E-state index is 0.103. The Morgan fingerprint density at radius 3 is 2.41 bits per heavy atom. The summed E-state index contributed by atoms with van der Waals surface area (Å²) in [6, 6.07) is 24.1. The summed E-state index contributed by atoms with van der Waals surface area (Å²) >= 11 is 3.48. The number of amides is 1. The quantitative estimate of drug-likeness (QED) is 0.511. The Kier molecular flexibility index (Phi) is 5.51. The van der Waals surface area contributed by atoms with Crippen molar-refractivity contribution in [3.05, 3.63) is 94.0 Å². The molecular weight excluding hydrogens is 426 g/mol. The van der Waals surface area contributed by atoms with Crippen LogP contribution in [0.3, 0.4) is 0 Å². The average molecular weight is 448 g/mol. The molecule has 0 saturated carbocycles. The van der Waals surface area contributed by atoms with Gasteiger partial charge >= 0.3 is 0 Å². The van der Waals surface area contributed by atoms with Gasteiger partial charge in [-0.2, -0.15) is 0 Å². The van der Waals surface area contributed by atoms with E-state index in [9.17, 15) is 4.79 Å². The van der Waals surface area contributed by atoms with Gasteiger partial charge < -0.3 is 15.5 Å². The fourth-order valence-electron chi connectivity index (χ4n) is 3.48. The number of carbonyl (C=O) groups excluding carboxylic acids is 1. The predicted molar refractivity (Wildman–Crippen MR) is 123 cm³/mol. The van der Waals surface area contributed by atoms with E-state index in [2.05, 4.69) is 69.8 Å². The standard InChI is InChI=1S/C24H22BrN3O/c1-28(2)15-16-8-11-19(12-9-16)26-23(17-6-4-3-5-7-17)22-20-13-10-18(25)14-21(20)27-24(22)29/h3-14,26H,15H2,1-2H3,(H,27,29)/b23-22-. The fourth-order valence-corrected chi connectivity index (χ4v) is 3.84. The van der Waals surface area contributed by atoms with Crippen molar-refractivity contribution < 1.29 is 4.79 Å². The highest BCUT2D eigenvalue weighted by Gasteiger charge is 2.28. The van der Waals surface area contributed by atoms with Crippen LogP contribution in [0.4, 0.5) is 11.4 Å². The summed E-state index contributed by atoms with van der Waals surface area (Å²) in [6.07, 6.45) is 0. The Hall–Kier alpha value is -2.89. The molecule has 146 valence electrons. The molecule has 5 heteroatoms. The molecule has 1 amide bonds. The van der Waals surface area contributed by atoms with Crippen LogP contribution in [0.25, 0.3) is 11.3 Å². The van der Waals surface area contributed by atoms with Gasteiger partial charge in [0.1, 0.15) is 0 Å². The van der Waals surface area contributed by atoms with Gasteiger partial charge in [-0.25, -0.2) is 0 Å². The normalized spacial score (nSPS) is 14.6. The third-order valence-electron chi connectivity index (χ3n) is 4.76. The lowest BCUT2D eigenvalue weighted by Crippen LogP contribution is -2.11. The highest BCUT2D eigenvalue weighted by Crippen LogP contribution is 2.38. The molecule has 3 aromatic rings. The molecule has 4 nitrogen and oxygen atoms in total. The largest absolute Gasteiger partial charge is 0.354 e. The number of hydrogen-bond acceptors (Lipinski definition) is 3. The van der Waals surface area contributed by atoms with Gasteiger partial charge in [-0.05, 0) is 49.5 Å². The molecule has 0 aliphatic carbocycles. The number of carbonyl (C=O) groups is 1. The molecule has 29 heavy (non-hydrogen) atoms. The van der Waals surface area contributed by atoms with Crippen LogP contribution < -0.4 is 10.6 Å². The van der Waals surface area contributed by atoms with Crippen LogP contribution in [0.1, 0.15) is 16.7 Å². The van der Waals surface area contributed by atoms with E-state index in [1.54, 1.807) is 0 Å². The second-order valence-electron chi connectivity index (χ2n) is 7.32. The van der Waals surface area contributed by atoms with Crippen LogP contribution in [-0.2, 0) is 11.3 Å². The second-order valence-corrected chi connectivity index (χ2v) is 8.24. The molecule has 0 aromatic heterocycles. The Balaban J connectivity index is 1.78. The first-order valence-electron chi connectivity index (χ1n) is 9.43. The number of nitrogens with zero attached hydrogens (tertiary/aromatic N) is 1. The SMILES string of the molecule is CN(C)Cc1ccc(N/C(=C2\C(=O)Nc3cc(Br)ccc32)c2ccccc2)cc1. The summed E-state index contributed by atoms with van der Waals surface area (Å²) in [4.78, 5) is 15.0. The third-order valence-corrected chi connectivity index (χ3v) is 5.25. The second kappa shape index (κ2) is 8.23. The monoisotopic (exact) mass is 447 g/mol. The zero-order valence-corrected chi connectivity index (χ0v) is 18.0. The van der Waals surface area contributed by atoms with Gasteiger partial charge in [-0.15, -0.1) is 0 Å². The van der Waals surface area contributed by atoms with Gasteiger partial charge in [0.25, 0.3) is 5.91 Å². The van der Waals surface area contributed by atoms with Crippen molar-refractivity contribution in [3.63, 3.8) is 0 Å². The fraction of sp³-hybridized carbons (Fsp3) is 0.125. The van der Waals surface area contributed by atoms with Gasteiger partial charge in [0, 0.05) is 22.3 Å². The third kappa shape index (κ3) is 4.26. The van der Waals surface area contributed by atoms with Gasteiger partial charge in [0.05, 0.1) is 17.0 Å². The van der Waals surface area contributed by atoms with Crippen molar-refractivity contribution in [1.29, 1.82) is 0 Å². The molecule has 0 unspecified atom stereocenters. The minimum atomic E-state index is -0.103. The van der Waals surface area contributed by atoms with Crippen molar-refractivity contribution in [1.82, 2.24) is 4.90 Å². The topological polar surface area (TPSA) is 44.4 Å². The van der Waals surface area contributed by atoms with Crippen LogP contribution in [0, 0.1) is 0 Å². The molecule has 1 aliphatic heterocycles. The van der Waals surface area contributed by atoms with Crippen molar-refractivity contribution in [2.24, 2.45) is 0 Å². The maximum Gasteiger partial charge on any atom is 0.258 e. The summed E-state index contributed by atoms with van der Waals surface area (Å²) in [5, 5.41) is 6.48. The molecule has 0 atom stereocenters. The van der Waals surface area contributed by atoms with E-state index < -0.39 is 0 Å². The number of hydrogen-bond donors (Lipinski definition) is 2. The maximum absolute atomic E-state index is 12.9. The Morgan fingerprint density at radius 1 is 1.00 bits per heavy atom. The van der Waals surface area contributed by atoms with Crippen LogP contribution in [-0.4, -0.2) is 24.9 Å². The molecule has 0 fully saturated rings. The summed E-state index contributed by atoms with van der Waals surface area (Å²) in [6.45, 7) is 0.886. The number of fused-ring (bicyclic) bond motifs is 1. The first kappa shape index (κ1) is 19.4. The number of benzene rings is 3. The Labute approximate surface area is 179 Å². The van der Waals surface area contributed by atoms with Gasteiger partial charge in [0.15, 0.2) is 0 Å². The van der Waals surface area contributed by atoms with E-state index in [0.717, 1.165) is 39.2 Å². The van der Waals surface area contributed by atoms with Crippen LogP contribution in [0.5, 0.6) is 0 Å². The molecule has 1 aliphatic rings. The van der Waals surface area contributed by atoms with Crippen molar-refractivity contribution >= 4 is 44.5 Å². The van der Waals surface area contributed by atoms with Crippen molar-refractivity contribution in [2.45, 2.75) is 6.54 Å². The molecule has 2 N–H and O–H groups in total. The summed E-state index contributed by atoms with van der Waals surface area (Å²) in [5.74, 6) is -0.103. The molecule has 0 saturated heterocycles. The van der Waals surface area contributed by atoms with E-state index in [0.29, 0.717) is 5.57 Å². The summed E-state index contributed by atoms with van der Waals surface area (Å²) in [7, 11) is 4.11. The van der Waals surface area contributed by atoms with Crippen molar-refractivity contribution in [2.75, 3.05) is 24.7 Å². The van der Waals surface area contributed by atoms with Gasteiger partial charge in [-0.1, -0.05) is 64.5 Å². The molecule has 1 heterocycles. The number of rotatable bonds is 5. The molecule has 4 rings (SSSR count). The number of halogens is 1. The van der Waals surface area contributed by atoms with Crippen molar-refractivity contribution in [3.8, 4) is 0 Å². The van der Waals surface area contributed by atoms with Crippen LogP contribution >= 0.6 is 15.9 Å².